The van der Waals surface area contributed by atoms with Gasteiger partial charge in [0.1, 0.15) is 27.1 Å². The number of fused-ring (bicyclic) bond motifs is 1. The van der Waals surface area contributed by atoms with Gasteiger partial charge in [-0.2, -0.15) is 5.10 Å². The lowest BCUT2D eigenvalue weighted by atomic mass is 10.3. The molecule has 0 amide bonds. The minimum atomic E-state index is -0.581. The molecule has 0 radical (unpaired) electrons. The molecule has 4 nitrogen and oxygen atoms in total. The molecule has 0 saturated carbocycles. The van der Waals surface area contributed by atoms with E-state index in [9.17, 15) is 13.6 Å². The van der Waals surface area contributed by atoms with Crippen molar-refractivity contribution in [3.05, 3.63) is 76.8 Å². The summed E-state index contributed by atoms with van der Waals surface area (Å²) < 4.78 is 33.6. The largest absolute Gasteiger partial charge is 0.422 e. The van der Waals surface area contributed by atoms with Gasteiger partial charge in [-0.15, -0.1) is 11.3 Å². The second kappa shape index (κ2) is 6.34. The van der Waals surface area contributed by atoms with Crippen molar-refractivity contribution in [3.8, 4) is 11.4 Å². The maximum absolute atomic E-state index is 13.5. The summed E-state index contributed by atoms with van der Waals surface area (Å²) in [5.74, 6) is -1.30. The highest BCUT2D eigenvalue weighted by atomic mass is 32.1. The predicted molar refractivity (Wildman–Crippen MR) is 95.0 cm³/mol. The molecule has 0 aliphatic rings. The normalized spacial score (nSPS) is 11.0. The number of hydrogen-bond acceptors (Lipinski definition) is 4. The van der Waals surface area contributed by atoms with Crippen molar-refractivity contribution >= 4 is 27.5 Å². The van der Waals surface area contributed by atoms with E-state index in [0.717, 1.165) is 11.5 Å². The molecule has 0 bridgehead atoms. The number of nitrogens with zero attached hydrogens (tertiary/aromatic N) is 2. The molecule has 2 heterocycles. The SMILES string of the molecule is Cc1nn(-c2cccc(F)c2)c2sc(C(=O)Oc3cccc(F)c3)cc12. The van der Waals surface area contributed by atoms with Crippen LogP contribution in [0.4, 0.5) is 8.78 Å². The number of thiophene rings is 1. The number of benzene rings is 2. The van der Waals surface area contributed by atoms with Crippen LogP contribution in [-0.2, 0) is 0 Å². The second-order valence-corrected chi connectivity index (χ2v) is 6.68. The topological polar surface area (TPSA) is 44.1 Å². The van der Waals surface area contributed by atoms with Gasteiger partial charge in [0.25, 0.3) is 0 Å². The van der Waals surface area contributed by atoms with Crippen LogP contribution < -0.4 is 4.74 Å². The summed E-state index contributed by atoms with van der Waals surface area (Å²) >= 11 is 1.19. The van der Waals surface area contributed by atoms with E-state index in [1.54, 1.807) is 22.9 Å². The standard InChI is InChI=1S/C19H12F2N2O2S/c1-11-16-10-17(19(24)25-15-7-3-5-13(21)9-15)26-18(16)23(22-11)14-6-2-4-12(20)8-14/h2-10H,1H3. The number of carbonyl (C=O) groups excluding carboxylic acids is 1. The van der Waals surface area contributed by atoms with Crippen LogP contribution in [0.3, 0.4) is 0 Å². The first-order valence-electron chi connectivity index (χ1n) is 7.74. The number of aromatic nitrogens is 2. The van der Waals surface area contributed by atoms with Gasteiger partial charge < -0.3 is 4.74 Å². The molecule has 0 unspecified atom stereocenters. The van der Waals surface area contributed by atoms with Crippen molar-refractivity contribution in [2.45, 2.75) is 6.92 Å². The van der Waals surface area contributed by atoms with E-state index in [1.807, 2.05) is 6.92 Å². The predicted octanol–water partition coefficient (Wildman–Crippen LogP) is 4.89. The summed E-state index contributed by atoms with van der Waals surface area (Å²) in [7, 11) is 0. The Morgan fingerprint density at radius 1 is 1.08 bits per heavy atom. The fraction of sp³-hybridized carbons (Fsp3) is 0.0526. The van der Waals surface area contributed by atoms with Crippen molar-refractivity contribution in [3.63, 3.8) is 0 Å². The molecule has 0 aliphatic heterocycles. The van der Waals surface area contributed by atoms with Gasteiger partial charge in [0.15, 0.2) is 0 Å². The smallest absolute Gasteiger partial charge is 0.353 e. The maximum Gasteiger partial charge on any atom is 0.353 e. The minimum absolute atomic E-state index is 0.135. The monoisotopic (exact) mass is 370 g/mol. The number of carbonyl (C=O) groups is 1. The maximum atomic E-state index is 13.5. The van der Waals surface area contributed by atoms with Crippen LogP contribution in [0.5, 0.6) is 5.75 Å². The first kappa shape index (κ1) is 16.4. The van der Waals surface area contributed by atoms with Crippen LogP contribution >= 0.6 is 11.3 Å². The molecule has 0 saturated heterocycles. The molecule has 2 aromatic carbocycles. The average molecular weight is 370 g/mol. The molecule has 0 N–H and O–H groups in total. The molecular weight excluding hydrogens is 358 g/mol. The first-order chi connectivity index (χ1) is 12.5. The van der Waals surface area contributed by atoms with Crippen LogP contribution in [0.25, 0.3) is 15.9 Å². The van der Waals surface area contributed by atoms with Crippen molar-refractivity contribution in [1.82, 2.24) is 9.78 Å². The van der Waals surface area contributed by atoms with Gasteiger partial charge in [0.05, 0.1) is 11.4 Å². The molecule has 4 rings (SSSR count). The Morgan fingerprint density at radius 2 is 1.81 bits per heavy atom. The summed E-state index contributed by atoms with van der Waals surface area (Å²) in [6.07, 6.45) is 0. The lowest BCUT2D eigenvalue weighted by Gasteiger charge is -2.03. The fourth-order valence-electron chi connectivity index (χ4n) is 2.62. The molecule has 0 spiro atoms. The van der Waals surface area contributed by atoms with E-state index < -0.39 is 11.8 Å². The zero-order valence-electron chi connectivity index (χ0n) is 13.6. The lowest BCUT2D eigenvalue weighted by Crippen LogP contribution is -2.06. The highest BCUT2D eigenvalue weighted by molar-refractivity contribution is 7.20. The van der Waals surface area contributed by atoms with Gasteiger partial charge in [-0.25, -0.2) is 18.3 Å². The zero-order valence-corrected chi connectivity index (χ0v) is 14.4. The third-order valence-corrected chi connectivity index (χ3v) is 4.90. The number of aryl methyl sites for hydroxylation is 1. The molecular formula is C19H12F2N2O2S. The van der Waals surface area contributed by atoms with Crippen LogP contribution in [0, 0.1) is 18.6 Å². The third-order valence-electron chi connectivity index (χ3n) is 3.81. The minimum Gasteiger partial charge on any atom is -0.422 e. The summed E-state index contributed by atoms with van der Waals surface area (Å²) in [6, 6.07) is 13.1. The van der Waals surface area contributed by atoms with Gasteiger partial charge >= 0.3 is 5.97 Å². The number of esters is 1. The van der Waals surface area contributed by atoms with Crippen molar-refractivity contribution in [1.29, 1.82) is 0 Å². The zero-order chi connectivity index (χ0) is 18.3. The Labute approximate surface area is 151 Å². The van der Waals surface area contributed by atoms with Crippen molar-refractivity contribution in [2.75, 3.05) is 0 Å². The van der Waals surface area contributed by atoms with Crippen LogP contribution in [0.1, 0.15) is 15.4 Å². The Kier molecular flexibility index (Phi) is 4.00. The third kappa shape index (κ3) is 2.97. The average Bonchev–Trinajstić information content (AvgIpc) is 3.16. The highest BCUT2D eigenvalue weighted by Crippen LogP contribution is 2.31. The van der Waals surface area contributed by atoms with E-state index in [4.69, 9.17) is 4.74 Å². The molecule has 130 valence electrons. The van der Waals surface area contributed by atoms with Gasteiger partial charge in [-0.3, -0.25) is 0 Å². The van der Waals surface area contributed by atoms with Gasteiger partial charge in [0, 0.05) is 11.5 Å². The number of hydrogen-bond donors (Lipinski definition) is 0. The van der Waals surface area contributed by atoms with Crippen LogP contribution in [-0.4, -0.2) is 15.7 Å². The van der Waals surface area contributed by atoms with Gasteiger partial charge in [-0.05, 0) is 43.3 Å². The first-order valence-corrected chi connectivity index (χ1v) is 8.56. The molecule has 26 heavy (non-hydrogen) atoms. The molecule has 7 heteroatoms. The fourth-order valence-corrected chi connectivity index (χ4v) is 3.68. The summed E-state index contributed by atoms with van der Waals surface area (Å²) in [5, 5.41) is 5.20. The Balaban J connectivity index is 1.72. The van der Waals surface area contributed by atoms with Gasteiger partial charge in [0.2, 0.25) is 0 Å². The van der Waals surface area contributed by atoms with Crippen LogP contribution in [0.15, 0.2) is 54.6 Å². The Hall–Kier alpha value is -3.06. The summed E-state index contributed by atoms with van der Waals surface area (Å²) in [4.78, 5) is 13.4. The van der Waals surface area contributed by atoms with Crippen molar-refractivity contribution in [2.24, 2.45) is 0 Å². The Morgan fingerprint density at radius 3 is 2.54 bits per heavy atom. The molecule has 0 fully saturated rings. The number of halogens is 2. The quantitative estimate of drug-likeness (QED) is 0.381. The van der Waals surface area contributed by atoms with E-state index in [2.05, 4.69) is 5.10 Å². The molecule has 0 aliphatic carbocycles. The summed E-state index contributed by atoms with van der Waals surface area (Å²) in [5.41, 5.74) is 1.28. The van der Waals surface area contributed by atoms with Crippen molar-refractivity contribution < 1.29 is 18.3 Å². The Bertz CT molecular complexity index is 1130. The summed E-state index contributed by atoms with van der Waals surface area (Å²) in [6.45, 7) is 1.81. The lowest BCUT2D eigenvalue weighted by molar-refractivity contribution is 0.0739. The second-order valence-electron chi connectivity index (χ2n) is 5.65. The molecule has 4 aromatic rings. The van der Waals surface area contributed by atoms with Crippen LogP contribution in [0.2, 0.25) is 0 Å². The highest BCUT2D eigenvalue weighted by Gasteiger charge is 2.19. The van der Waals surface area contributed by atoms with E-state index in [-0.39, 0.29) is 11.6 Å². The van der Waals surface area contributed by atoms with E-state index >= 15 is 0 Å². The van der Waals surface area contributed by atoms with Gasteiger partial charge in [-0.1, -0.05) is 12.1 Å². The number of ether oxygens (including phenoxy) is 1. The number of rotatable bonds is 3. The van der Waals surface area contributed by atoms with E-state index in [0.29, 0.717) is 21.1 Å². The van der Waals surface area contributed by atoms with E-state index in [1.165, 1.54) is 41.7 Å². The molecule has 2 aromatic heterocycles. The molecule has 0 atom stereocenters.